The second-order valence-corrected chi connectivity index (χ2v) is 3.22. The molecule has 0 aliphatic heterocycles. The van der Waals surface area contributed by atoms with Crippen molar-refractivity contribution in [3.8, 4) is 0 Å². The Kier molecular flexibility index (Phi) is 5.14. The van der Waals surface area contributed by atoms with E-state index < -0.39 is 5.91 Å². The van der Waals surface area contributed by atoms with E-state index in [1.54, 1.807) is 18.2 Å². The lowest BCUT2D eigenvalue weighted by Gasteiger charge is -2.00. The number of halogens is 3. The van der Waals surface area contributed by atoms with Gasteiger partial charge in [0.25, 0.3) is 0 Å². The van der Waals surface area contributed by atoms with Crippen LogP contribution in [0.4, 0.5) is 0 Å². The minimum atomic E-state index is -0.417. The summed E-state index contributed by atoms with van der Waals surface area (Å²) >= 11 is 11.5. The van der Waals surface area contributed by atoms with Crippen LogP contribution in [0.1, 0.15) is 5.56 Å². The van der Waals surface area contributed by atoms with E-state index in [2.05, 4.69) is 0 Å². The second-order valence-electron chi connectivity index (χ2n) is 2.38. The Hall–Kier alpha value is -0.440. The van der Waals surface area contributed by atoms with Crippen LogP contribution in [0.25, 0.3) is 0 Å². The number of hydrogen-bond donors (Lipinski definition) is 1. The van der Waals surface area contributed by atoms with Crippen molar-refractivity contribution >= 4 is 41.5 Å². The van der Waals surface area contributed by atoms with Crippen LogP contribution in [0.2, 0.25) is 10.0 Å². The molecule has 0 heterocycles. The van der Waals surface area contributed by atoms with Crippen LogP contribution >= 0.6 is 35.6 Å². The van der Waals surface area contributed by atoms with Crippen LogP contribution in [0.5, 0.6) is 0 Å². The smallest absolute Gasteiger partial charge is 0.221 e. The number of carbonyl (C=O) groups excluding carboxylic acids is 1. The summed E-state index contributed by atoms with van der Waals surface area (Å²) in [4.78, 5) is 10.6. The molecule has 1 rings (SSSR count). The molecule has 1 aromatic carbocycles. The van der Waals surface area contributed by atoms with Crippen LogP contribution in [-0.4, -0.2) is 5.91 Å². The van der Waals surface area contributed by atoms with E-state index in [4.69, 9.17) is 28.9 Å². The van der Waals surface area contributed by atoms with Gasteiger partial charge in [-0.25, -0.2) is 0 Å². The number of amides is 1. The average molecular weight is 241 g/mol. The molecule has 0 aromatic heterocycles. The molecule has 0 saturated carbocycles. The van der Waals surface area contributed by atoms with Gasteiger partial charge in [-0.1, -0.05) is 23.2 Å². The first-order valence-corrected chi connectivity index (χ1v) is 4.07. The van der Waals surface area contributed by atoms with Gasteiger partial charge in [0.1, 0.15) is 0 Å². The highest BCUT2D eigenvalue weighted by Gasteiger charge is 2.03. The number of rotatable bonds is 2. The molecule has 0 aliphatic rings. The third-order valence-electron chi connectivity index (χ3n) is 1.37. The Morgan fingerprint density at radius 3 is 2.54 bits per heavy atom. The molecule has 1 amide bonds. The summed E-state index contributed by atoms with van der Waals surface area (Å²) < 4.78 is 0. The molecule has 2 nitrogen and oxygen atoms in total. The molecule has 72 valence electrons. The standard InChI is InChI=1S/C8H7Cl2NO.ClH/c9-6-1-2-7(10)5(3-6)4-8(11)12;/h1-3H,4H2,(H2,11,12);1H. The van der Waals surface area contributed by atoms with Crippen molar-refractivity contribution < 1.29 is 4.79 Å². The fourth-order valence-electron chi connectivity index (χ4n) is 0.866. The van der Waals surface area contributed by atoms with Crippen molar-refractivity contribution in [3.05, 3.63) is 33.8 Å². The maximum atomic E-state index is 10.6. The van der Waals surface area contributed by atoms with E-state index in [0.29, 0.717) is 15.6 Å². The van der Waals surface area contributed by atoms with E-state index in [1.165, 1.54) is 0 Å². The van der Waals surface area contributed by atoms with Gasteiger partial charge in [-0.15, -0.1) is 12.4 Å². The van der Waals surface area contributed by atoms with Gasteiger partial charge < -0.3 is 5.73 Å². The number of benzene rings is 1. The first-order chi connectivity index (χ1) is 5.59. The molecule has 0 unspecified atom stereocenters. The first kappa shape index (κ1) is 12.6. The van der Waals surface area contributed by atoms with Gasteiger partial charge in [-0.3, -0.25) is 4.79 Å². The zero-order valence-electron chi connectivity index (χ0n) is 6.59. The van der Waals surface area contributed by atoms with Gasteiger partial charge in [-0.2, -0.15) is 0 Å². The van der Waals surface area contributed by atoms with Crippen LogP contribution in [0.15, 0.2) is 18.2 Å². The number of nitrogens with two attached hydrogens (primary N) is 1. The molecule has 0 radical (unpaired) electrons. The van der Waals surface area contributed by atoms with Crippen LogP contribution < -0.4 is 5.73 Å². The van der Waals surface area contributed by atoms with E-state index in [-0.39, 0.29) is 18.8 Å². The number of carbonyl (C=O) groups is 1. The molecule has 13 heavy (non-hydrogen) atoms. The van der Waals surface area contributed by atoms with Crippen molar-refractivity contribution in [2.45, 2.75) is 6.42 Å². The zero-order chi connectivity index (χ0) is 9.14. The Bertz CT molecular complexity index is 314. The Morgan fingerprint density at radius 2 is 2.00 bits per heavy atom. The predicted molar refractivity (Wildman–Crippen MR) is 56.6 cm³/mol. The molecular weight excluding hydrogens is 232 g/mol. The summed E-state index contributed by atoms with van der Waals surface area (Å²) in [6.07, 6.45) is 0.124. The predicted octanol–water partition coefficient (Wildman–Crippen LogP) is 2.44. The summed E-state index contributed by atoms with van der Waals surface area (Å²) in [5.74, 6) is -0.417. The number of hydrogen-bond acceptors (Lipinski definition) is 1. The highest BCUT2D eigenvalue weighted by atomic mass is 35.5. The summed E-state index contributed by atoms with van der Waals surface area (Å²) in [5, 5.41) is 1.06. The van der Waals surface area contributed by atoms with Crippen molar-refractivity contribution in [3.63, 3.8) is 0 Å². The summed E-state index contributed by atoms with van der Waals surface area (Å²) in [6, 6.07) is 4.94. The maximum Gasteiger partial charge on any atom is 0.221 e. The van der Waals surface area contributed by atoms with Gasteiger partial charge in [0.2, 0.25) is 5.91 Å². The minimum absolute atomic E-state index is 0. The van der Waals surface area contributed by atoms with E-state index >= 15 is 0 Å². The third kappa shape index (κ3) is 3.85. The highest BCUT2D eigenvalue weighted by molar-refractivity contribution is 6.33. The molecule has 0 spiro atoms. The van der Waals surface area contributed by atoms with Gasteiger partial charge >= 0.3 is 0 Å². The van der Waals surface area contributed by atoms with E-state index in [0.717, 1.165) is 0 Å². The molecule has 5 heteroatoms. The van der Waals surface area contributed by atoms with Gasteiger partial charge in [-0.05, 0) is 23.8 Å². The summed E-state index contributed by atoms with van der Waals surface area (Å²) in [6.45, 7) is 0. The quantitative estimate of drug-likeness (QED) is 0.848. The SMILES string of the molecule is Cl.NC(=O)Cc1cc(Cl)ccc1Cl. The van der Waals surface area contributed by atoms with Crippen LogP contribution in [0.3, 0.4) is 0 Å². The fraction of sp³-hybridized carbons (Fsp3) is 0.125. The normalized spacial score (nSPS) is 9.08. The molecule has 0 aliphatic carbocycles. The third-order valence-corrected chi connectivity index (χ3v) is 1.98. The average Bonchev–Trinajstić information content (AvgIpc) is 1.96. The Morgan fingerprint density at radius 1 is 1.38 bits per heavy atom. The molecule has 0 bridgehead atoms. The largest absolute Gasteiger partial charge is 0.369 e. The van der Waals surface area contributed by atoms with Crippen LogP contribution in [-0.2, 0) is 11.2 Å². The summed E-state index contributed by atoms with van der Waals surface area (Å²) in [7, 11) is 0. The first-order valence-electron chi connectivity index (χ1n) is 3.32. The molecular formula is C8H8Cl3NO. The Labute approximate surface area is 92.4 Å². The maximum absolute atomic E-state index is 10.6. The Balaban J connectivity index is 0.00000144. The van der Waals surface area contributed by atoms with Crippen molar-refractivity contribution in [1.29, 1.82) is 0 Å². The molecule has 2 N–H and O–H groups in total. The topological polar surface area (TPSA) is 43.1 Å². The molecule has 1 aromatic rings. The second kappa shape index (κ2) is 5.32. The van der Waals surface area contributed by atoms with E-state index in [9.17, 15) is 4.79 Å². The van der Waals surface area contributed by atoms with Crippen molar-refractivity contribution in [2.75, 3.05) is 0 Å². The molecule has 0 fully saturated rings. The fourth-order valence-corrected chi connectivity index (χ4v) is 1.25. The zero-order valence-corrected chi connectivity index (χ0v) is 8.92. The lowest BCUT2D eigenvalue weighted by Crippen LogP contribution is -2.13. The van der Waals surface area contributed by atoms with E-state index in [1.807, 2.05) is 0 Å². The van der Waals surface area contributed by atoms with Crippen molar-refractivity contribution in [2.24, 2.45) is 5.73 Å². The van der Waals surface area contributed by atoms with Crippen molar-refractivity contribution in [1.82, 2.24) is 0 Å². The van der Waals surface area contributed by atoms with Gasteiger partial charge in [0.15, 0.2) is 0 Å². The molecule has 0 atom stereocenters. The summed E-state index contributed by atoms with van der Waals surface area (Å²) in [5.41, 5.74) is 5.67. The number of primary amides is 1. The van der Waals surface area contributed by atoms with Crippen LogP contribution in [0, 0.1) is 0 Å². The van der Waals surface area contributed by atoms with Gasteiger partial charge in [0, 0.05) is 10.0 Å². The lowest BCUT2D eigenvalue weighted by atomic mass is 10.1. The van der Waals surface area contributed by atoms with Gasteiger partial charge in [0.05, 0.1) is 6.42 Å². The molecule has 0 saturated heterocycles. The minimum Gasteiger partial charge on any atom is -0.369 e. The lowest BCUT2D eigenvalue weighted by molar-refractivity contribution is -0.117. The monoisotopic (exact) mass is 239 g/mol. The highest BCUT2D eigenvalue weighted by Crippen LogP contribution is 2.20.